The molecule has 172 valence electrons. The van der Waals surface area contributed by atoms with Gasteiger partial charge in [-0.1, -0.05) is 41.6 Å². The Bertz CT molecular complexity index is 1240. The zero-order chi connectivity index (χ0) is 23.7. The zero-order valence-electron chi connectivity index (χ0n) is 18.1. The second-order valence-corrected chi connectivity index (χ2v) is 9.28. The summed E-state index contributed by atoms with van der Waals surface area (Å²) in [6.07, 6.45) is -0.224. The summed E-state index contributed by atoms with van der Waals surface area (Å²) in [5.41, 5.74) is 9.15. The average molecular weight is 486 g/mol. The first-order valence-electron chi connectivity index (χ1n) is 10.4. The number of thioether (sulfide) groups is 1. The van der Waals surface area contributed by atoms with Crippen LogP contribution in [0.25, 0.3) is 10.9 Å². The lowest BCUT2D eigenvalue weighted by atomic mass is 10.1. The zero-order valence-corrected chi connectivity index (χ0v) is 19.7. The number of nitrogens with two attached hydrogens (primary N) is 1. The summed E-state index contributed by atoms with van der Waals surface area (Å²) in [6.45, 7) is 2.37. The molecule has 2 atom stereocenters. The smallest absolute Gasteiger partial charge is 0.272 e. The van der Waals surface area contributed by atoms with Crippen molar-refractivity contribution in [3.05, 3.63) is 74.9 Å². The molecule has 1 aliphatic heterocycles. The number of fused-ring (bicyclic) bond motifs is 1. The SMILES string of the molecule is CNC(=O)c1n[nH]c2cc([C@H]3SC(C(N)=O)=C(C)N3CCC(O)c3ccc(Cl)cc3)ccc12. The minimum atomic E-state index is -0.677. The Kier molecular flexibility index (Phi) is 6.64. The quantitative estimate of drug-likeness (QED) is 0.406. The summed E-state index contributed by atoms with van der Waals surface area (Å²) >= 11 is 7.33. The molecule has 0 fully saturated rings. The third-order valence-corrected chi connectivity index (χ3v) is 7.44. The number of amides is 2. The van der Waals surface area contributed by atoms with Crippen LogP contribution in [0.3, 0.4) is 0 Å². The summed E-state index contributed by atoms with van der Waals surface area (Å²) in [5.74, 6) is -0.747. The van der Waals surface area contributed by atoms with Crippen LogP contribution in [-0.4, -0.2) is 45.6 Å². The lowest BCUT2D eigenvalue weighted by Gasteiger charge is -2.29. The number of hydrogen-bond donors (Lipinski definition) is 4. The molecule has 3 aromatic rings. The molecule has 0 aliphatic carbocycles. The predicted octanol–water partition coefficient (Wildman–Crippen LogP) is 3.46. The number of rotatable bonds is 7. The highest BCUT2D eigenvalue weighted by Crippen LogP contribution is 2.48. The third-order valence-electron chi connectivity index (χ3n) is 5.71. The monoisotopic (exact) mass is 485 g/mol. The molecule has 2 aromatic carbocycles. The van der Waals surface area contributed by atoms with E-state index in [2.05, 4.69) is 20.4 Å². The molecule has 0 saturated heterocycles. The minimum Gasteiger partial charge on any atom is -0.388 e. The number of nitrogens with zero attached hydrogens (tertiary/aromatic N) is 2. The molecular formula is C23H24ClN5O3S. The number of nitrogens with one attached hydrogen (secondary N) is 2. The molecule has 0 spiro atoms. The van der Waals surface area contributed by atoms with E-state index in [4.69, 9.17) is 17.3 Å². The number of primary amides is 1. The lowest BCUT2D eigenvalue weighted by molar-refractivity contribution is -0.114. The van der Waals surface area contributed by atoms with Crippen molar-refractivity contribution in [2.75, 3.05) is 13.6 Å². The molecule has 2 heterocycles. The van der Waals surface area contributed by atoms with Crippen LogP contribution in [0.15, 0.2) is 53.1 Å². The number of aliphatic hydroxyl groups excluding tert-OH is 1. The van der Waals surface area contributed by atoms with Crippen molar-refractivity contribution >= 4 is 46.1 Å². The fourth-order valence-corrected chi connectivity index (χ4v) is 5.36. The van der Waals surface area contributed by atoms with Gasteiger partial charge in [0.15, 0.2) is 5.69 Å². The molecule has 5 N–H and O–H groups in total. The summed E-state index contributed by atoms with van der Waals surface area (Å²) < 4.78 is 0. The van der Waals surface area contributed by atoms with E-state index in [0.29, 0.717) is 34.0 Å². The van der Waals surface area contributed by atoms with Gasteiger partial charge in [-0.15, -0.1) is 0 Å². The Morgan fingerprint density at radius 3 is 2.70 bits per heavy atom. The van der Waals surface area contributed by atoms with E-state index in [1.54, 1.807) is 31.3 Å². The average Bonchev–Trinajstić information content (AvgIpc) is 3.38. The molecule has 1 aliphatic rings. The Morgan fingerprint density at radius 2 is 2.03 bits per heavy atom. The van der Waals surface area contributed by atoms with Crippen LogP contribution in [-0.2, 0) is 4.79 Å². The van der Waals surface area contributed by atoms with E-state index in [-0.39, 0.29) is 11.3 Å². The molecule has 1 unspecified atom stereocenters. The lowest BCUT2D eigenvalue weighted by Crippen LogP contribution is -2.24. The first-order chi connectivity index (χ1) is 15.8. The van der Waals surface area contributed by atoms with E-state index in [0.717, 1.165) is 22.3 Å². The van der Waals surface area contributed by atoms with Crippen LogP contribution in [0.4, 0.5) is 0 Å². The number of aliphatic hydroxyl groups is 1. The van der Waals surface area contributed by atoms with E-state index in [1.165, 1.54) is 11.8 Å². The van der Waals surface area contributed by atoms with Crippen LogP contribution in [0, 0.1) is 0 Å². The van der Waals surface area contributed by atoms with Gasteiger partial charge in [-0.3, -0.25) is 14.7 Å². The number of benzene rings is 2. The highest BCUT2D eigenvalue weighted by molar-refractivity contribution is 8.04. The molecule has 0 radical (unpaired) electrons. The summed E-state index contributed by atoms with van der Waals surface area (Å²) in [7, 11) is 1.56. The number of aromatic nitrogens is 2. The van der Waals surface area contributed by atoms with Crippen LogP contribution in [0.2, 0.25) is 5.02 Å². The van der Waals surface area contributed by atoms with Crippen molar-refractivity contribution in [3.63, 3.8) is 0 Å². The molecule has 4 rings (SSSR count). The standard InChI is InChI=1S/C23H24ClN5O3S/c1-12-20(21(25)31)33-23(29(12)10-9-18(30)13-3-6-15(24)7-4-13)14-5-8-16-17(11-14)27-28-19(16)22(32)26-2/h3-8,11,18,23,30H,9-10H2,1-2H3,(H2,25,31)(H,26,32)(H,27,28)/t18?,23-/m1/s1. The summed E-state index contributed by atoms with van der Waals surface area (Å²) in [4.78, 5) is 26.6. The third kappa shape index (κ3) is 4.57. The molecular weight excluding hydrogens is 462 g/mol. The molecule has 1 aromatic heterocycles. The van der Waals surface area contributed by atoms with Gasteiger partial charge in [-0.2, -0.15) is 5.10 Å². The maximum Gasteiger partial charge on any atom is 0.272 e. The van der Waals surface area contributed by atoms with Gasteiger partial charge in [-0.25, -0.2) is 0 Å². The first-order valence-corrected chi connectivity index (χ1v) is 11.6. The maximum atomic E-state index is 12.0. The number of aromatic amines is 1. The van der Waals surface area contributed by atoms with E-state index in [9.17, 15) is 14.7 Å². The molecule has 2 amide bonds. The van der Waals surface area contributed by atoms with Crippen molar-refractivity contribution in [3.8, 4) is 0 Å². The Morgan fingerprint density at radius 1 is 1.30 bits per heavy atom. The van der Waals surface area contributed by atoms with Gasteiger partial charge in [0.05, 0.1) is 16.5 Å². The molecule has 0 saturated carbocycles. The number of carbonyl (C=O) groups excluding carboxylic acids is 2. The van der Waals surface area contributed by atoms with Gasteiger partial charge >= 0.3 is 0 Å². The van der Waals surface area contributed by atoms with Crippen LogP contribution < -0.4 is 11.1 Å². The second kappa shape index (κ2) is 9.46. The Labute approximate surface area is 200 Å². The van der Waals surface area contributed by atoms with E-state index in [1.807, 2.05) is 25.1 Å². The van der Waals surface area contributed by atoms with Gasteiger partial charge in [-0.05, 0) is 48.7 Å². The predicted molar refractivity (Wildman–Crippen MR) is 129 cm³/mol. The van der Waals surface area contributed by atoms with Crippen molar-refractivity contribution in [2.24, 2.45) is 5.73 Å². The van der Waals surface area contributed by atoms with Gasteiger partial charge in [0.1, 0.15) is 5.37 Å². The number of hydrogen-bond acceptors (Lipinski definition) is 6. The summed E-state index contributed by atoms with van der Waals surface area (Å²) in [5, 5.41) is 21.4. The fourth-order valence-electron chi connectivity index (χ4n) is 3.93. The van der Waals surface area contributed by atoms with E-state index < -0.39 is 12.0 Å². The summed E-state index contributed by atoms with van der Waals surface area (Å²) in [6, 6.07) is 12.8. The highest BCUT2D eigenvalue weighted by Gasteiger charge is 2.34. The Balaban J connectivity index is 1.60. The van der Waals surface area contributed by atoms with Crippen molar-refractivity contribution in [2.45, 2.75) is 24.8 Å². The van der Waals surface area contributed by atoms with Crippen molar-refractivity contribution < 1.29 is 14.7 Å². The van der Waals surface area contributed by atoms with Crippen molar-refractivity contribution in [1.29, 1.82) is 0 Å². The van der Waals surface area contributed by atoms with Crippen molar-refractivity contribution in [1.82, 2.24) is 20.4 Å². The van der Waals surface area contributed by atoms with E-state index >= 15 is 0 Å². The topological polar surface area (TPSA) is 124 Å². The molecule has 8 nitrogen and oxygen atoms in total. The first kappa shape index (κ1) is 23.2. The van der Waals surface area contributed by atoms with Crippen LogP contribution in [0.1, 0.15) is 46.4 Å². The fraction of sp³-hybridized carbons (Fsp3) is 0.261. The van der Waals surface area contributed by atoms with Gasteiger partial charge in [0.25, 0.3) is 11.8 Å². The Hall–Kier alpha value is -3.01. The molecule has 10 heteroatoms. The molecule has 0 bridgehead atoms. The number of halogens is 1. The maximum absolute atomic E-state index is 12.0. The molecule has 33 heavy (non-hydrogen) atoms. The minimum absolute atomic E-state index is 0.207. The highest BCUT2D eigenvalue weighted by atomic mass is 35.5. The van der Waals surface area contributed by atoms with Gasteiger partial charge in [0, 0.05) is 29.7 Å². The van der Waals surface area contributed by atoms with Crippen LogP contribution >= 0.6 is 23.4 Å². The van der Waals surface area contributed by atoms with Gasteiger partial charge < -0.3 is 21.1 Å². The normalized spacial score (nSPS) is 17.0. The largest absolute Gasteiger partial charge is 0.388 e. The van der Waals surface area contributed by atoms with Crippen LogP contribution in [0.5, 0.6) is 0 Å². The number of carbonyl (C=O) groups is 2. The second-order valence-electron chi connectivity index (χ2n) is 7.75. The number of H-pyrrole nitrogens is 1. The van der Waals surface area contributed by atoms with Gasteiger partial charge in [0.2, 0.25) is 0 Å². The number of allylic oxidation sites excluding steroid dienone is 1.